The molecule has 2 aromatic rings. The van der Waals surface area contributed by atoms with Gasteiger partial charge in [0.05, 0.1) is 6.04 Å². The molecular weight excluding hydrogens is 296 g/mol. The summed E-state index contributed by atoms with van der Waals surface area (Å²) in [5, 5.41) is 0. The van der Waals surface area contributed by atoms with Crippen LogP contribution in [0.3, 0.4) is 0 Å². The van der Waals surface area contributed by atoms with Crippen LogP contribution in [0.4, 0.5) is 5.69 Å². The van der Waals surface area contributed by atoms with Crippen LogP contribution in [-0.2, 0) is 0 Å². The highest BCUT2D eigenvalue weighted by atomic mass is 35.5. The Morgan fingerprint density at radius 2 is 1.91 bits per heavy atom. The van der Waals surface area contributed by atoms with Crippen molar-refractivity contribution in [3.63, 3.8) is 0 Å². The third-order valence-electron chi connectivity index (χ3n) is 4.10. The fraction of sp³-hybridized carbons (Fsp3) is 0.278. The second-order valence-electron chi connectivity index (χ2n) is 5.69. The van der Waals surface area contributed by atoms with E-state index in [1.807, 2.05) is 17.0 Å². The molecule has 0 aromatic heterocycles. The van der Waals surface area contributed by atoms with E-state index < -0.39 is 0 Å². The maximum absolute atomic E-state index is 12.7. The maximum atomic E-state index is 12.7. The zero-order valence-electron chi connectivity index (χ0n) is 12.7. The van der Waals surface area contributed by atoms with E-state index in [0.717, 1.165) is 19.4 Å². The molecule has 2 N–H and O–H groups in total. The van der Waals surface area contributed by atoms with Gasteiger partial charge in [-0.15, -0.1) is 12.4 Å². The van der Waals surface area contributed by atoms with Crippen molar-refractivity contribution in [2.45, 2.75) is 25.8 Å². The third kappa shape index (κ3) is 3.25. The molecule has 0 radical (unpaired) electrons. The van der Waals surface area contributed by atoms with Gasteiger partial charge in [-0.05, 0) is 49.6 Å². The fourth-order valence-corrected chi connectivity index (χ4v) is 3.03. The van der Waals surface area contributed by atoms with Gasteiger partial charge in [-0.1, -0.05) is 29.8 Å². The predicted molar refractivity (Wildman–Crippen MR) is 92.3 cm³/mol. The van der Waals surface area contributed by atoms with Crippen molar-refractivity contribution in [1.82, 2.24) is 4.90 Å². The summed E-state index contributed by atoms with van der Waals surface area (Å²) in [4.78, 5) is 14.7. The Hall–Kier alpha value is -2.00. The number of aryl methyl sites for hydroxylation is 1. The number of hydrogen-bond donors (Lipinski definition) is 1. The van der Waals surface area contributed by atoms with Gasteiger partial charge < -0.3 is 10.6 Å². The van der Waals surface area contributed by atoms with Gasteiger partial charge in [0.15, 0.2) is 0 Å². The van der Waals surface area contributed by atoms with Crippen molar-refractivity contribution < 1.29 is 4.79 Å². The summed E-state index contributed by atoms with van der Waals surface area (Å²) in [6.07, 6.45) is 2.09. The average Bonchev–Trinajstić information content (AvgIpc) is 2.97. The normalized spacial score (nSPS) is 17.1. The molecule has 1 heterocycles. The molecule has 1 unspecified atom stereocenters. The van der Waals surface area contributed by atoms with E-state index in [4.69, 9.17) is 5.73 Å². The Bertz CT molecular complexity index is 654. The van der Waals surface area contributed by atoms with E-state index >= 15 is 0 Å². The number of nitrogen functional groups attached to an aromatic ring is 1. The fourth-order valence-electron chi connectivity index (χ4n) is 3.03. The minimum absolute atomic E-state index is 0. The summed E-state index contributed by atoms with van der Waals surface area (Å²) in [5.41, 5.74) is 9.55. The molecule has 22 heavy (non-hydrogen) atoms. The number of nitrogens with zero attached hydrogens (tertiary/aromatic N) is 1. The quantitative estimate of drug-likeness (QED) is 0.852. The minimum Gasteiger partial charge on any atom is -0.399 e. The molecule has 3 nitrogen and oxygen atoms in total. The van der Waals surface area contributed by atoms with Crippen LogP contribution in [0, 0.1) is 6.92 Å². The molecule has 1 saturated heterocycles. The van der Waals surface area contributed by atoms with Crippen molar-refractivity contribution in [3.8, 4) is 0 Å². The predicted octanol–water partition coefficient (Wildman–Crippen LogP) is 3.98. The molecular formula is C18H21ClN2O. The number of nitrogens with two attached hydrogens (primary N) is 1. The number of halogens is 1. The monoisotopic (exact) mass is 316 g/mol. The first-order valence-electron chi connectivity index (χ1n) is 7.38. The first kappa shape index (κ1) is 16.4. The molecule has 1 amide bonds. The number of rotatable bonds is 2. The van der Waals surface area contributed by atoms with Gasteiger partial charge in [-0.3, -0.25) is 4.79 Å². The van der Waals surface area contributed by atoms with Crippen molar-refractivity contribution in [2.75, 3.05) is 12.3 Å². The Kier molecular flexibility index (Phi) is 5.09. The number of benzene rings is 2. The molecule has 1 fully saturated rings. The summed E-state index contributed by atoms with van der Waals surface area (Å²) < 4.78 is 0. The largest absolute Gasteiger partial charge is 0.399 e. The zero-order chi connectivity index (χ0) is 14.8. The van der Waals surface area contributed by atoms with Gasteiger partial charge in [0, 0.05) is 17.8 Å². The molecule has 0 spiro atoms. The van der Waals surface area contributed by atoms with Gasteiger partial charge in [0.2, 0.25) is 0 Å². The Morgan fingerprint density at radius 1 is 1.18 bits per heavy atom. The van der Waals surface area contributed by atoms with Gasteiger partial charge >= 0.3 is 0 Å². The van der Waals surface area contributed by atoms with Gasteiger partial charge in [0.1, 0.15) is 0 Å². The number of carbonyl (C=O) groups excluding carboxylic acids is 1. The molecule has 1 aliphatic rings. The van der Waals surface area contributed by atoms with E-state index in [-0.39, 0.29) is 24.4 Å². The lowest BCUT2D eigenvalue weighted by molar-refractivity contribution is 0.0735. The highest BCUT2D eigenvalue weighted by Gasteiger charge is 2.30. The number of carbonyl (C=O) groups is 1. The van der Waals surface area contributed by atoms with Gasteiger partial charge in [-0.25, -0.2) is 0 Å². The second-order valence-corrected chi connectivity index (χ2v) is 5.69. The van der Waals surface area contributed by atoms with Crippen molar-refractivity contribution in [2.24, 2.45) is 0 Å². The van der Waals surface area contributed by atoms with Gasteiger partial charge in [0.25, 0.3) is 5.91 Å². The Morgan fingerprint density at radius 3 is 2.59 bits per heavy atom. The smallest absolute Gasteiger partial charge is 0.254 e. The van der Waals surface area contributed by atoms with E-state index in [1.165, 1.54) is 11.1 Å². The molecule has 2 aromatic carbocycles. The molecule has 0 bridgehead atoms. The Labute approximate surface area is 137 Å². The number of likely N-dealkylation sites (tertiary alicyclic amines) is 1. The standard InChI is InChI=1S/C18H20N2O.ClH/c1-13-4-2-5-15(12-13)17-6-3-11-20(17)18(21)14-7-9-16(19)10-8-14;/h2,4-5,7-10,12,17H,3,6,11,19H2,1H3;1H. The minimum atomic E-state index is 0. The number of anilines is 1. The highest BCUT2D eigenvalue weighted by Crippen LogP contribution is 2.33. The Balaban J connectivity index is 0.00000176. The molecule has 0 aliphatic carbocycles. The summed E-state index contributed by atoms with van der Waals surface area (Å²) in [5.74, 6) is 0.0963. The highest BCUT2D eigenvalue weighted by molar-refractivity contribution is 5.95. The van der Waals surface area contributed by atoms with Crippen LogP contribution in [0.2, 0.25) is 0 Å². The van der Waals surface area contributed by atoms with Crippen LogP contribution in [0.25, 0.3) is 0 Å². The first-order valence-corrected chi connectivity index (χ1v) is 7.38. The van der Waals surface area contributed by atoms with Crippen LogP contribution >= 0.6 is 12.4 Å². The summed E-state index contributed by atoms with van der Waals surface area (Å²) >= 11 is 0. The number of amides is 1. The van der Waals surface area contributed by atoms with Crippen LogP contribution in [0.5, 0.6) is 0 Å². The topological polar surface area (TPSA) is 46.3 Å². The zero-order valence-corrected chi connectivity index (χ0v) is 13.5. The molecule has 3 rings (SSSR count). The van der Waals surface area contributed by atoms with Crippen LogP contribution in [0.15, 0.2) is 48.5 Å². The van der Waals surface area contributed by atoms with Crippen molar-refractivity contribution >= 4 is 24.0 Å². The average molecular weight is 317 g/mol. The lowest BCUT2D eigenvalue weighted by Gasteiger charge is -2.25. The SMILES string of the molecule is Cc1cccc(C2CCCN2C(=O)c2ccc(N)cc2)c1.Cl. The van der Waals surface area contributed by atoms with Gasteiger partial charge in [-0.2, -0.15) is 0 Å². The molecule has 116 valence electrons. The van der Waals surface area contributed by atoms with Crippen LogP contribution in [0.1, 0.15) is 40.4 Å². The lowest BCUT2D eigenvalue weighted by Crippen LogP contribution is -2.30. The van der Waals surface area contributed by atoms with E-state index in [2.05, 4.69) is 31.2 Å². The molecule has 1 atom stereocenters. The number of hydrogen-bond acceptors (Lipinski definition) is 2. The lowest BCUT2D eigenvalue weighted by atomic mass is 10.0. The summed E-state index contributed by atoms with van der Waals surface area (Å²) in [6, 6.07) is 15.8. The second kappa shape index (κ2) is 6.84. The molecule has 1 aliphatic heterocycles. The molecule has 4 heteroatoms. The third-order valence-corrected chi connectivity index (χ3v) is 4.10. The van der Waals surface area contributed by atoms with E-state index in [9.17, 15) is 4.79 Å². The van der Waals surface area contributed by atoms with Crippen LogP contribution in [-0.4, -0.2) is 17.4 Å². The summed E-state index contributed by atoms with van der Waals surface area (Å²) in [7, 11) is 0. The van der Waals surface area contributed by atoms with E-state index in [1.54, 1.807) is 12.1 Å². The summed E-state index contributed by atoms with van der Waals surface area (Å²) in [6.45, 7) is 2.91. The van der Waals surface area contributed by atoms with E-state index in [0.29, 0.717) is 11.3 Å². The maximum Gasteiger partial charge on any atom is 0.254 e. The van der Waals surface area contributed by atoms with Crippen molar-refractivity contribution in [3.05, 3.63) is 65.2 Å². The first-order chi connectivity index (χ1) is 10.1. The molecule has 0 saturated carbocycles. The van der Waals surface area contributed by atoms with Crippen molar-refractivity contribution in [1.29, 1.82) is 0 Å². The van der Waals surface area contributed by atoms with Crippen LogP contribution < -0.4 is 5.73 Å².